The highest BCUT2D eigenvalue weighted by Gasteiger charge is 2.25. The van der Waals surface area contributed by atoms with Gasteiger partial charge in [-0.2, -0.15) is 0 Å². The summed E-state index contributed by atoms with van der Waals surface area (Å²) in [5.41, 5.74) is 7.33. The molecule has 0 saturated heterocycles. The predicted molar refractivity (Wildman–Crippen MR) is 102 cm³/mol. The van der Waals surface area contributed by atoms with Crippen LogP contribution in [-0.2, 0) is 22.4 Å². The first kappa shape index (κ1) is 18.6. The number of hydrogen-bond acceptors (Lipinski definition) is 6. The highest BCUT2D eigenvalue weighted by molar-refractivity contribution is 7.17. The molecular formula is C18H20N2O4S2. The van der Waals surface area contributed by atoms with E-state index in [1.807, 2.05) is 13.8 Å². The molecule has 0 aliphatic heterocycles. The fourth-order valence-corrected chi connectivity index (χ4v) is 5.34. The van der Waals surface area contributed by atoms with Crippen molar-refractivity contribution in [3.8, 4) is 0 Å². The monoisotopic (exact) mass is 392 g/mol. The van der Waals surface area contributed by atoms with Gasteiger partial charge in [0.25, 0.3) is 11.8 Å². The lowest BCUT2D eigenvalue weighted by atomic mass is 9.95. The third-order valence-electron chi connectivity index (χ3n) is 4.27. The molecule has 0 unspecified atom stereocenters. The van der Waals surface area contributed by atoms with Crippen LogP contribution in [0, 0.1) is 13.8 Å². The molecule has 3 N–H and O–H groups in total. The van der Waals surface area contributed by atoms with Gasteiger partial charge < -0.3 is 15.8 Å². The second-order valence-corrected chi connectivity index (χ2v) is 8.80. The Balaban J connectivity index is 1.67. The zero-order chi connectivity index (χ0) is 18.8. The van der Waals surface area contributed by atoms with E-state index in [2.05, 4.69) is 5.32 Å². The van der Waals surface area contributed by atoms with Crippen molar-refractivity contribution in [3.05, 3.63) is 37.4 Å². The van der Waals surface area contributed by atoms with Gasteiger partial charge in [-0.25, -0.2) is 4.79 Å². The summed E-state index contributed by atoms with van der Waals surface area (Å²) in [6.45, 7) is 3.34. The number of rotatable bonds is 5. The summed E-state index contributed by atoms with van der Waals surface area (Å²) in [4.78, 5) is 39.1. The van der Waals surface area contributed by atoms with E-state index in [9.17, 15) is 14.4 Å². The molecule has 2 aromatic rings. The van der Waals surface area contributed by atoms with Crippen molar-refractivity contribution in [2.75, 3.05) is 11.9 Å². The van der Waals surface area contributed by atoms with Gasteiger partial charge in [-0.05, 0) is 51.2 Å². The number of nitrogens with two attached hydrogens (primary N) is 1. The van der Waals surface area contributed by atoms with Crippen molar-refractivity contribution < 1.29 is 19.1 Å². The Labute approximate surface area is 159 Å². The van der Waals surface area contributed by atoms with E-state index in [0.29, 0.717) is 16.1 Å². The van der Waals surface area contributed by atoms with Crippen LogP contribution in [0.2, 0.25) is 0 Å². The highest BCUT2D eigenvalue weighted by atomic mass is 32.1. The molecule has 0 fully saturated rings. The van der Waals surface area contributed by atoms with Crippen molar-refractivity contribution in [1.29, 1.82) is 0 Å². The third-order valence-corrected chi connectivity index (χ3v) is 6.44. The minimum atomic E-state index is -0.541. The van der Waals surface area contributed by atoms with Crippen LogP contribution in [-0.4, -0.2) is 24.4 Å². The number of anilines is 1. The van der Waals surface area contributed by atoms with Crippen molar-refractivity contribution in [2.45, 2.75) is 39.5 Å². The van der Waals surface area contributed by atoms with Crippen molar-refractivity contribution in [3.63, 3.8) is 0 Å². The number of carbonyl (C=O) groups excluding carboxylic acids is 3. The predicted octanol–water partition coefficient (Wildman–Crippen LogP) is 3.20. The van der Waals surface area contributed by atoms with Crippen LogP contribution < -0.4 is 11.1 Å². The first-order valence-electron chi connectivity index (χ1n) is 8.35. The van der Waals surface area contributed by atoms with Gasteiger partial charge in [0.15, 0.2) is 6.61 Å². The number of aryl methyl sites for hydroxylation is 3. The maximum Gasteiger partial charge on any atom is 0.339 e. The summed E-state index contributed by atoms with van der Waals surface area (Å²) in [5.74, 6) is -1.55. The van der Waals surface area contributed by atoms with Crippen LogP contribution in [0.1, 0.15) is 53.8 Å². The first-order chi connectivity index (χ1) is 12.4. The second kappa shape index (κ2) is 7.59. The number of primary amides is 1. The molecule has 0 atom stereocenters. The Morgan fingerprint density at radius 1 is 1.19 bits per heavy atom. The molecule has 0 bridgehead atoms. The van der Waals surface area contributed by atoms with Crippen molar-refractivity contribution >= 4 is 45.5 Å². The Hall–Kier alpha value is -2.19. The Kier molecular flexibility index (Phi) is 5.43. The Morgan fingerprint density at radius 3 is 2.58 bits per heavy atom. The molecule has 2 heterocycles. The van der Waals surface area contributed by atoms with Gasteiger partial charge in [0, 0.05) is 14.6 Å². The first-order valence-corrected chi connectivity index (χ1v) is 9.98. The van der Waals surface area contributed by atoms with E-state index in [-0.39, 0.29) is 0 Å². The number of esters is 1. The number of thiophene rings is 2. The van der Waals surface area contributed by atoms with Crippen LogP contribution in [0.4, 0.5) is 5.00 Å². The maximum atomic E-state index is 12.2. The van der Waals surface area contributed by atoms with E-state index >= 15 is 0 Å². The largest absolute Gasteiger partial charge is 0.452 e. The standard InChI is InChI=1S/C18H20N2O4S2/c1-9-7-12(10(2)25-9)18(23)24-8-14(21)20-17-15(16(19)22)11-5-3-4-6-13(11)26-17/h7H,3-6,8H2,1-2H3,(H2,19,22)(H,20,21). The van der Waals surface area contributed by atoms with Crippen LogP contribution >= 0.6 is 22.7 Å². The van der Waals surface area contributed by atoms with Gasteiger partial charge in [0.05, 0.1) is 11.1 Å². The number of fused-ring (bicyclic) bond motifs is 1. The smallest absolute Gasteiger partial charge is 0.339 e. The fourth-order valence-electron chi connectivity index (χ4n) is 3.12. The van der Waals surface area contributed by atoms with Gasteiger partial charge in [0.2, 0.25) is 0 Å². The van der Waals surface area contributed by atoms with Crippen LogP contribution in [0.25, 0.3) is 0 Å². The topological polar surface area (TPSA) is 98.5 Å². The number of amides is 2. The lowest BCUT2D eigenvalue weighted by molar-refractivity contribution is -0.119. The summed E-state index contributed by atoms with van der Waals surface area (Å²) in [5, 5.41) is 3.13. The van der Waals surface area contributed by atoms with Gasteiger partial charge in [-0.3, -0.25) is 9.59 Å². The molecule has 2 amide bonds. The molecule has 26 heavy (non-hydrogen) atoms. The quantitative estimate of drug-likeness (QED) is 0.764. The molecule has 1 aliphatic carbocycles. The second-order valence-electron chi connectivity index (χ2n) is 6.23. The summed E-state index contributed by atoms with van der Waals surface area (Å²) < 4.78 is 5.10. The molecule has 6 nitrogen and oxygen atoms in total. The lowest BCUT2D eigenvalue weighted by Crippen LogP contribution is -2.23. The minimum Gasteiger partial charge on any atom is -0.452 e. The molecule has 0 radical (unpaired) electrons. The van der Waals surface area contributed by atoms with E-state index in [0.717, 1.165) is 45.9 Å². The van der Waals surface area contributed by atoms with Crippen LogP contribution in [0.5, 0.6) is 0 Å². The summed E-state index contributed by atoms with van der Waals surface area (Å²) in [6.07, 6.45) is 3.76. The highest BCUT2D eigenvalue weighted by Crippen LogP contribution is 2.37. The normalized spacial score (nSPS) is 13.2. The fraction of sp³-hybridized carbons (Fsp3) is 0.389. The molecule has 2 aromatic heterocycles. The van der Waals surface area contributed by atoms with Gasteiger partial charge in [0.1, 0.15) is 5.00 Å². The molecular weight excluding hydrogens is 372 g/mol. The average molecular weight is 393 g/mol. The zero-order valence-corrected chi connectivity index (χ0v) is 16.3. The van der Waals surface area contributed by atoms with Crippen molar-refractivity contribution in [1.82, 2.24) is 0 Å². The molecule has 1 aliphatic rings. The number of nitrogens with one attached hydrogen (secondary N) is 1. The number of hydrogen-bond donors (Lipinski definition) is 2. The number of carbonyl (C=O) groups is 3. The minimum absolute atomic E-state index is 0.397. The van der Waals surface area contributed by atoms with Gasteiger partial charge in [-0.15, -0.1) is 22.7 Å². The summed E-state index contributed by atoms with van der Waals surface area (Å²) >= 11 is 2.89. The molecule has 0 aromatic carbocycles. The van der Waals surface area contributed by atoms with E-state index in [1.54, 1.807) is 6.07 Å². The van der Waals surface area contributed by atoms with Gasteiger partial charge in [-0.1, -0.05) is 0 Å². The molecule has 8 heteroatoms. The lowest BCUT2D eigenvalue weighted by Gasteiger charge is -2.11. The summed E-state index contributed by atoms with van der Waals surface area (Å²) in [7, 11) is 0. The summed E-state index contributed by atoms with van der Waals surface area (Å²) in [6, 6.07) is 1.75. The third kappa shape index (κ3) is 3.81. The van der Waals surface area contributed by atoms with Gasteiger partial charge >= 0.3 is 5.97 Å². The molecule has 0 spiro atoms. The van der Waals surface area contributed by atoms with E-state index < -0.39 is 24.4 Å². The zero-order valence-electron chi connectivity index (χ0n) is 14.6. The van der Waals surface area contributed by atoms with Crippen LogP contribution in [0.3, 0.4) is 0 Å². The Morgan fingerprint density at radius 2 is 1.92 bits per heavy atom. The average Bonchev–Trinajstić information content (AvgIpc) is 3.11. The maximum absolute atomic E-state index is 12.2. The molecule has 138 valence electrons. The van der Waals surface area contributed by atoms with E-state index in [4.69, 9.17) is 10.5 Å². The number of ether oxygens (including phenoxy) is 1. The van der Waals surface area contributed by atoms with Crippen LogP contribution in [0.15, 0.2) is 6.07 Å². The molecule has 0 saturated carbocycles. The Bertz CT molecular complexity index is 882. The molecule has 3 rings (SSSR count). The SMILES string of the molecule is Cc1cc(C(=O)OCC(=O)Nc2sc3c(c2C(N)=O)CCCC3)c(C)s1. The van der Waals surface area contributed by atoms with Crippen molar-refractivity contribution in [2.24, 2.45) is 5.73 Å². The van der Waals surface area contributed by atoms with E-state index in [1.165, 1.54) is 22.7 Å².